The molecule has 9 heteroatoms. The first-order valence-electron chi connectivity index (χ1n) is 9.06. The van der Waals surface area contributed by atoms with Gasteiger partial charge in [0.1, 0.15) is 12.0 Å². The Balaban J connectivity index is 1.66. The van der Waals surface area contributed by atoms with E-state index in [2.05, 4.69) is 0 Å². The minimum Gasteiger partial charge on any atom is -0.399 e. The van der Waals surface area contributed by atoms with E-state index in [1.165, 1.54) is 17.2 Å². The topological polar surface area (TPSA) is 57.0 Å². The summed E-state index contributed by atoms with van der Waals surface area (Å²) in [5, 5.41) is 1.92. The Morgan fingerprint density at radius 2 is 1.86 bits per heavy atom. The predicted molar refractivity (Wildman–Crippen MR) is 109 cm³/mol. The molecule has 2 aliphatic rings. The number of nitrogens with two attached hydrogens (primary N) is 1. The van der Waals surface area contributed by atoms with Crippen molar-refractivity contribution >= 4 is 30.3 Å². The summed E-state index contributed by atoms with van der Waals surface area (Å²) in [5.74, 6) is -0.512. The summed E-state index contributed by atoms with van der Waals surface area (Å²) in [4.78, 5) is 5.77. The monoisotopic (exact) mass is 428 g/mol. The van der Waals surface area contributed by atoms with Gasteiger partial charge >= 0.3 is 7.12 Å². The molecule has 0 saturated carbocycles. The first kappa shape index (κ1) is 21.6. The SMILES string of the molecule is CC1(C)OB(C2=CN(OCCc3c(Cl)ccc(F)c3Cl)C(N)C=C2)OC1(C)C. The lowest BCUT2D eigenvalue weighted by Gasteiger charge is -2.32. The van der Waals surface area contributed by atoms with Crippen LogP contribution in [0, 0.1) is 5.82 Å². The summed E-state index contributed by atoms with van der Waals surface area (Å²) in [6.45, 7) is 8.19. The zero-order valence-electron chi connectivity index (χ0n) is 16.3. The van der Waals surface area contributed by atoms with Gasteiger partial charge < -0.3 is 15.0 Å². The maximum absolute atomic E-state index is 13.6. The molecule has 1 unspecified atom stereocenters. The Bertz CT molecular complexity index is 801. The van der Waals surface area contributed by atoms with Crippen LogP contribution in [0.4, 0.5) is 4.39 Å². The van der Waals surface area contributed by atoms with E-state index in [9.17, 15) is 4.39 Å². The summed E-state index contributed by atoms with van der Waals surface area (Å²) in [6.07, 6.45) is 5.28. The maximum atomic E-state index is 13.6. The van der Waals surface area contributed by atoms with E-state index in [4.69, 9.17) is 43.1 Å². The zero-order chi connectivity index (χ0) is 20.7. The van der Waals surface area contributed by atoms with Crippen LogP contribution in [0.15, 0.2) is 36.0 Å². The molecule has 1 saturated heterocycles. The van der Waals surface area contributed by atoms with Crippen molar-refractivity contribution in [2.75, 3.05) is 6.61 Å². The number of nitrogens with zero attached hydrogens (tertiary/aromatic N) is 1. The second kappa shape index (κ2) is 7.97. The molecule has 0 aliphatic carbocycles. The predicted octanol–water partition coefficient (Wildman–Crippen LogP) is 4.28. The van der Waals surface area contributed by atoms with Crippen LogP contribution in [0.2, 0.25) is 10.0 Å². The van der Waals surface area contributed by atoms with Gasteiger partial charge in [-0.3, -0.25) is 4.84 Å². The molecule has 1 aromatic carbocycles. The molecule has 0 aromatic heterocycles. The molecule has 28 heavy (non-hydrogen) atoms. The Hall–Kier alpha value is -1.09. The van der Waals surface area contributed by atoms with Gasteiger partial charge in [-0.25, -0.2) is 9.45 Å². The zero-order valence-corrected chi connectivity index (χ0v) is 17.9. The fraction of sp³-hybridized carbons (Fsp3) is 0.474. The van der Waals surface area contributed by atoms with Crippen molar-refractivity contribution in [2.24, 2.45) is 5.73 Å². The van der Waals surface area contributed by atoms with E-state index in [0.717, 1.165) is 5.47 Å². The molecular weight excluding hydrogens is 405 g/mol. The van der Waals surface area contributed by atoms with E-state index >= 15 is 0 Å². The van der Waals surface area contributed by atoms with Crippen LogP contribution in [-0.2, 0) is 20.6 Å². The van der Waals surface area contributed by atoms with E-state index < -0.39 is 30.3 Å². The number of rotatable bonds is 5. The first-order valence-corrected chi connectivity index (χ1v) is 9.82. The van der Waals surface area contributed by atoms with Gasteiger partial charge in [0.25, 0.3) is 0 Å². The molecule has 2 heterocycles. The average molecular weight is 429 g/mol. The molecule has 0 amide bonds. The van der Waals surface area contributed by atoms with E-state index in [1.807, 2.05) is 33.8 Å². The van der Waals surface area contributed by atoms with Crippen LogP contribution in [-0.4, -0.2) is 36.2 Å². The molecule has 5 nitrogen and oxygen atoms in total. The van der Waals surface area contributed by atoms with Crippen LogP contribution in [0.5, 0.6) is 0 Å². The summed E-state index contributed by atoms with van der Waals surface area (Å²) in [6, 6.07) is 2.71. The molecule has 0 spiro atoms. The Morgan fingerprint density at radius 3 is 2.50 bits per heavy atom. The Labute approximate surface area is 175 Å². The van der Waals surface area contributed by atoms with Crippen molar-refractivity contribution in [3.05, 3.63) is 57.4 Å². The first-order chi connectivity index (χ1) is 13.0. The molecule has 152 valence electrons. The largest absolute Gasteiger partial charge is 0.496 e. The van der Waals surface area contributed by atoms with Gasteiger partial charge in [-0.05, 0) is 51.5 Å². The highest BCUT2D eigenvalue weighted by molar-refractivity contribution is 6.55. The fourth-order valence-electron chi connectivity index (χ4n) is 2.86. The van der Waals surface area contributed by atoms with Crippen molar-refractivity contribution in [3.8, 4) is 0 Å². The van der Waals surface area contributed by atoms with Crippen molar-refractivity contribution in [2.45, 2.75) is 51.5 Å². The highest BCUT2D eigenvalue weighted by Gasteiger charge is 2.52. The van der Waals surface area contributed by atoms with Gasteiger partial charge in [-0.2, -0.15) is 0 Å². The van der Waals surface area contributed by atoms with Crippen LogP contribution in [0.1, 0.15) is 33.3 Å². The van der Waals surface area contributed by atoms with Crippen molar-refractivity contribution in [1.29, 1.82) is 0 Å². The van der Waals surface area contributed by atoms with Gasteiger partial charge in [0, 0.05) is 23.1 Å². The molecule has 2 N–H and O–H groups in total. The van der Waals surface area contributed by atoms with Crippen molar-refractivity contribution < 1.29 is 18.5 Å². The minimum absolute atomic E-state index is 0.00684. The van der Waals surface area contributed by atoms with Gasteiger partial charge in [0.2, 0.25) is 0 Å². The molecule has 1 aromatic rings. The standard InChI is InChI=1S/C19H24BCl2FN2O3/c1-18(2)19(3,4)28-20(27-18)12-5-8-16(24)25(11-12)26-10-9-13-14(21)6-7-15(23)17(13)22/h5-8,11,16H,9-10,24H2,1-4H3. The molecule has 0 bridgehead atoms. The third-order valence-corrected chi connectivity index (χ3v) is 6.08. The number of allylic oxidation sites excluding steroid dienone is 2. The number of hydrogen-bond donors (Lipinski definition) is 1. The minimum atomic E-state index is -0.521. The average Bonchev–Trinajstić information content (AvgIpc) is 2.83. The third-order valence-electron chi connectivity index (χ3n) is 5.31. The number of halogens is 3. The quantitative estimate of drug-likeness (QED) is 0.560. The fourth-order valence-corrected chi connectivity index (χ4v) is 3.42. The lowest BCUT2D eigenvalue weighted by Crippen LogP contribution is -2.41. The molecule has 2 aliphatic heterocycles. The summed E-state index contributed by atoms with van der Waals surface area (Å²) < 4.78 is 25.8. The lowest BCUT2D eigenvalue weighted by atomic mass is 9.77. The van der Waals surface area contributed by atoms with Crippen LogP contribution >= 0.6 is 23.2 Å². The Kier molecular flexibility index (Phi) is 6.16. The lowest BCUT2D eigenvalue weighted by molar-refractivity contribution is -0.137. The molecule has 3 rings (SSSR count). The highest BCUT2D eigenvalue weighted by atomic mass is 35.5. The van der Waals surface area contributed by atoms with Crippen molar-refractivity contribution in [3.63, 3.8) is 0 Å². The summed E-state index contributed by atoms with van der Waals surface area (Å²) >= 11 is 12.1. The van der Waals surface area contributed by atoms with Gasteiger partial charge in [0.05, 0.1) is 22.8 Å². The second-order valence-corrected chi connectivity index (χ2v) is 8.62. The molecule has 0 radical (unpaired) electrons. The van der Waals surface area contributed by atoms with E-state index in [0.29, 0.717) is 17.0 Å². The normalized spacial score (nSPS) is 23.3. The summed E-state index contributed by atoms with van der Waals surface area (Å²) in [5.41, 5.74) is 6.49. The van der Waals surface area contributed by atoms with Crippen molar-refractivity contribution in [1.82, 2.24) is 5.06 Å². The highest BCUT2D eigenvalue weighted by Crippen LogP contribution is 2.39. The Morgan fingerprint density at radius 1 is 1.21 bits per heavy atom. The summed E-state index contributed by atoms with van der Waals surface area (Å²) in [7, 11) is -0.521. The van der Waals surface area contributed by atoms with Crippen LogP contribution in [0.25, 0.3) is 0 Å². The maximum Gasteiger partial charge on any atom is 0.496 e. The van der Waals surface area contributed by atoms with Crippen LogP contribution < -0.4 is 5.73 Å². The second-order valence-electron chi connectivity index (χ2n) is 7.83. The van der Waals surface area contributed by atoms with Gasteiger partial charge in [-0.15, -0.1) is 0 Å². The molecule has 1 atom stereocenters. The van der Waals surface area contributed by atoms with E-state index in [1.54, 1.807) is 12.3 Å². The number of hydroxylamine groups is 2. The van der Waals surface area contributed by atoms with E-state index in [-0.39, 0.29) is 11.6 Å². The molecule has 1 fully saturated rings. The van der Waals surface area contributed by atoms with Gasteiger partial charge in [0.15, 0.2) is 0 Å². The third kappa shape index (κ3) is 4.25. The van der Waals surface area contributed by atoms with Crippen LogP contribution in [0.3, 0.4) is 0 Å². The van der Waals surface area contributed by atoms with Gasteiger partial charge in [-0.1, -0.05) is 29.3 Å². The smallest absolute Gasteiger partial charge is 0.399 e. The number of benzene rings is 1. The number of hydrogen-bond acceptors (Lipinski definition) is 5. The molecular formula is C19H24BCl2FN2O3.